The number of fused-ring (bicyclic) bond motifs is 1. The van der Waals surface area contributed by atoms with Gasteiger partial charge in [-0.25, -0.2) is 12.4 Å². The normalized spacial score (nSPS) is 12.4. The fraction of sp³-hybridized carbons (Fsp3) is 0.0952. The van der Waals surface area contributed by atoms with Crippen LogP contribution in [-0.4, -0.2) is 22.5 Å². The molecule has 0 aliphatic heterocycles. The minimum atomic E-state index is -4.84. The van der Waals surface area contributed by atoms with Crippen molar-refractivity contribution in [2.45, 2.75) is 18.0 Å². The van der Waals surface area contributed by atoms with E-state index in [0.29, 0.717) is 0 Å². The van der Waals surface area contributed by atoms with Crippen LogP contribution in [0.3, 0.4) is 0 Å². The number of alkyl halides is 3. The Morgan fingerprint density at radius 3 is 2.35 bits per heavy atom. The SMILES string of the molecule is Cc1ccc(S(=O)(=O)n2cc(-c3cc(O)cc(Cl)c3)c3c(C(F)(F)F)nccc32)cc1. The molecule has 0 spiro atoms. The van der Waals surface area contributed by atoms with Crippen LogP contribution in [-0.2, 0) is 16.2 Å². The average molecular weight is 467 g/mol. The van der Waals surface area contributed by atoms with Crippen LogP contribution in [0.4, 0.5) is 13.2 Å². The Bertz CT molecular complexity index is 1390. The lowest BCUT2D eigenvalue weighted by Crippen LogP contribution is -2.13. The Kier molecular flexibility index (Phi) is 4.98. The zero-order valence-electron chi connectivity index (χ0n) is 15.9. The molecule has 0 unspecified atom stereocenters. The van der Waals surface area contributed by atoms with Gasteiger partial charge in [0.15, 0.2) is 5.69 Å². The molecular weight excluding hydrogens is 453 g/mol. The summed E-state index contributed by atoms with van der Waals surface area (Å²) in [5, 5.41) is 9.55. The first-order valence-corrected chi connectivity index (χ1v) is 10.7. The maximum Gasteiger partial charge on any atom is 0.434 e. The van der Waals surface area contributed by atoms with E-state index in [0.717, 1.165) is 21.9 Å². The molecule has 0 bridgehead atoms. The lowest BCUT2D eigenvalue weighted by Gasteiger charge is -2.10. The number of pyridine rings is 1. The standard InChI is InChI=1S/C21H14ClF3N2O3S/c1-12-2-4-16(5-3-12)31(29,30)27-11-17(13-8-14(22)10-15(28)9-13)19-18(27)6-7-26-20(19)21(23,24)25/h2-11,28H,1H3. The van der Waals surface area contributed by atoms with E-state index < -0.39 is 27.3 Å². The Morgan fingerprint density at radius 1 is 1.06 bits per heavy atom. The van der Waals surface area contributed by atoms with Crippen LogP contribution in [0.5, 0.6) is 5.75 Å². The highest BCUT2D eigenvalue weighted by molar-refractivity contribution is 7.90. The highest BCUT2D eigenvalue weighted by Crippen LogP contribution is 2.41. The monoisotopic (exact) mass is 466 g/mol. The summed E-state index contributed by atoms with van der Waals surface area (Å²) >= 11 is 5.97. The van der Waals surface area contributed by atoms with Crippen molar-refractivity contribution in [1.82, 2.24) is 8.96 Å². The third kappa shape index (κ3) is 3.75. The topological polar surface area (TPSA) is 72.2 Å². The number of nitrogens with zero attached hydrogens (tertiary/aromatic N) is 2. The number of phenolic OH excluding ortho intramolecular Hbond substituents is 1. The molecule has 4 aromatic rings. The molecular formula is C21H14ClF3N2O3S. The first kappa shape index (κ1) is 21.2. The fourth-order valence-corrected chi connectivity index (χ4v) is 4.93. The summed E-state index contributed by atoms with van der Waals surface area (Å²) in [6.45, 7) is 1.78. The molecule has 0 atom stereocenters. The lowest BCUT2D eigenvalue weighted by atomic mass is 10.0. The van der Waals surface area contributed by atoms with Crippen molar-refractivity contribution in [1.29, 1.82) is 0 Å². The second-order valence-electron chi connectivity index (χ2n) is 6.91. The zero-order chi connectivity index (χ0) is 22.6. The molecule has 31 heavy (non-hydrogen) atoms. The number of hydrogen-bond acceptors (Lipinski definition) is 4. The van der Waals surface area contributed by atoms with Gasteiger partial charge < -0.3 is 5.11 Å². The summed E-state index contributed by atoms with van der Waals surface area (Å²) in [5.74, 6) is -0.276. The van der Waals surface area contributed by atoms with Gasteiger partial charge >= 0.3 is 6.18 Å². The van der Waals surface area contributed by atoms with Gasteiger partial charge in [-0.3, -0.25) is 4.98 Å². The predicted molar refractivity (Wildman–Crippen MR) is 111 cm³/mol. The van der Waals surface area contributed by atoms with Gasteiger partial charge in [0.2, 0.25) is 0 Å². The molecule has 160 valence electrons. The van der Waals surface area contributed by atoms with E-state index in [4.69, 9.17) is 11.6 Å². The third-order valence-electron chi connectivity index (χ3n) is 4.72. The van der Waals surface area contributed by atoms with Gasteiger partial charge in [0.05, 0.1) is 10.4 Å². The van der Waals surface area contributed by atoms with E-state index in [1.807, 2.05) is 0 Å². The molecule has 0 saturated heterocycles. The molecule has 0 fully saturated rings. The van der Waals surface area contributed by atoms with E-state index in [-0.39, 0.29) is 32.3 Å². The number of aromatic hydroxyl groups is 1. The summed E-state index contributed by atoms with van der Waals surface area (Å²) in [5.41, 5.74) is -0.570. The summed E-state index contributed by atoms with van der Waals surface area (Å²) in [6.07, 6.45) is -2.85. The molecule has 0 aliphatic rings. The number of aromatic nitrogens is 2. The van der Waals surface area contributed by atoms with Gasteiger partial charge in [0.1, 0.15) is 5.75 Å². The number of aryl methyl sites for hydroxylation is 1. The van der Waals surface area contributed by atoms with E-state index >= 15 is 0 Å². The van der Waals surface area contributed by atoms with Crippen LogP contribution in [0.25, 0.3) is 22.0 Å². The van der Waals surface area contributed by atoms with Crippen molar-refractivity contribution in [2.75, 3.05) is 0 Å². The second kappa shape index (κ2) is 7.28. The van der Waals surface area contributed by atoms with Gasteiger partial charge in [-0.05, 0) is 48.9 Å². The van der Waals surface area contributed by atoms with Gasteiger partial charge in [-0.1, -0.05) is 29.3 Å². The molecule has 5 nitrogen and oxygen atoms in total. The van der Waals surface area contributed by atoms with E-state index in [2.05, 4.69) is 4.98 Å². The first-order chi connectivity index (χ1) is 14.5. The largest absolute Gasteiger partial charge is 0.508 e. The Labute approximate surface area is 180 Å². The average Bonchev–Trinajstić information content (AvgIpc) is 3.07. The van der Waals surface area contributed by atoms with Crippen molar-refractivity contribution in [3.05, 3.63) is 77.2 Å². The van der Waals surface area contributed by atoms with Gasteiger partial charge in [0.25, 0.3) is 10.0 Å². The highest BCUT2D eigenvalue weighted by Gasteiger charge is 2.37. The number of benzene rings is 2. The number of phenols is 1. The van der Waals surface area contributed by atoms with Crippen LogP contribution in [0, 0.1) is 6.92 Å². The van der Waals surface area contributed by atoms with Crippen molar-refractivity contribution < 1.29 is 26.7 Å². The second-order valence-corrected chi connectivity index (χ2v) is 9.16. The number of hydrogen-bond donors (Lipinski definition) is 1. The van der Waals surface area contributed by atoms with Crippen LogP contribution < -0.4 is 0 Å². The molecule has 4 rings (SSSR count). The molecule has 0 amide bonds. The Morgan fingerprint density at radius 2 is 1.74 bits per heavy atom. The Balaban J connectivity index is 2.10. The maximum atomic E-state index is 13.7. The van der Waals surface area contributed by atoms with Crippen LogP contribution in [0.2, 0.25) is 5.02 Å². The zero-order valence-corrected chi connectivity index (χ0v) is 17.4. The van der Waals surface area contributed by atoms with Crippen molar-refractivity contribution in [3.63, 3.8) is 0 Å². The van der Waals surface area contributed by atoms with Crippen LogP contribution in [0.15, 0.2) is 65.8 Å². The number of halogens is 4. The van der Waals surface area contributed by atoms with Crippen molar-refractivity contribution >= 4 is 32.5 Å². The van der Waals surface area contributed by atoms with E-state index in [1.54, 1.807) is 19.1 Å². The van der Waals surface area contributed by atoms with Gasteiger partial charge in [-0.2, -0.15) is 13.2 Å². The molecule has 0 saturated carbocycles. The molecule has 0 aliphatic carbocycles. The van der Waals surface area contributed by atoms with E-state index in [1.165, 1.54) is 36.4 Å². The van der Waals surface area contributed by atoms with Crippen LogP contribution >= 0.6 is 11.6 Å². The molecule has 2 aromatic carbocycles. The quantitative estimate of drug-likeness (QED) is 0.425. The summed E-state index contributed by atoms with van der Waals surface area (Å²) in [4.78, 5) is 3.38. The third-order valence-corrected chi connectivity index (χ3v) is 6.63. The van der Waals surface area contributed by atoms with Crippen molar-refractivity contribution in [2.24, 2.45) is 0 Å². The van der Waals surface area contributed by atoms with Gasteiger partial charge in [-0.15, -0.1) is 0 Å². The lowest BCUT2D eigenvalue weighted by molar-refractivity contribution is -0.139. The summed E-state index contributed by atoms with van der Waals surface area (Å²) in [6, 6.07) is 10.9. The molecule has 2 heterocycles. The predicted octanol–water partition coefficient (Wildman–Crippen LogP) is 5.63. The van der Waals surface area contributed by atoms with Crippen LogP contribution in [0.1, 0.15) is 11.3 Å². The number of rotatable bonds is 3. The summed E-state index contributed by atoms with van der Waals surface area (Å²) < 4.78 is 68.6. The first-order valence-electron chi connectivity index (χ1n) is 8.88. The molecule has 2 aromatic heterocycles. The minimum Gasteiger partial charge on any atom is -0.508 e. The molecule has 10 heteroatoms. The highest BCUT2D eigenvalue weighted by atomic mass is 35.5. The van der Waals surface area contributed by atoms with Gasteiger partial charge in [0, 0.05) is 28.4 Å². The fourth-order valence-electron chi connectivity index (χ4n) is 3.34. The summed E-state index contributed by atoms with van der Waals surface area (Å²) in [7, 11) is -4.23. The maximum absolute atomic E-state index is 13.7. The van der Waals surface area contributed by atoms with E-state index in [9.17, 15) is 26.7 Å². The smallest absolute Gasteiger partial charge is 0.434 e. The van der Waals surface area contributed by atoms with Crippen molar-refractivity contribution in [3.8, 4) is 16.9 Å². The Hall–Kier alpha value is -3.04. The minimum absolute atomic E-state index is 0.0785. The molecule has 0 radical (unpaired) electrons. The molecule has 1 N–H and O–H groups in total.